The van der Waals surface area contributed by atoms with Crippen LogP contribution in [-0.2, 0) is 11.3 Å². The Kier molecular flexibility index (Phi) is 4.97. The maximum Gasteiger partial charge on any atom is 0.236 e. The number of aliphatic hydroxyl groups excluding tert-OH is 1. The van der Waals surface area contributed by atoms with Crippen molar-refractivity contribution in [2.75, 3.05) is 33.3 Å². The average molecular weight is 278 g/mol. The van der Waals surface area contributed by atoms with Crippen LogP contribution < -0.4 is 0 Å². The molecule has 1 aliphatic rings. The molecule has 1 aliphatic heterocycles. The lowest BCUT2D eigenvalue weighted by atomic mass is 10.3. The molecule has 102 valence electrons. The molecular weight excluding hydrogens is 260 g/mol. The summed E-state index contributed by atoms with van der Waals surface area (Å²) in [5, 5.41) is 8.67. The van der Waals surface area contributed by atoms with Crippen molar-refractivity contribution in [3.05, 3.63) is 21.9 Å². The van der Waals surface area contributed by atoms with Gasteiger partial charge < -0.3 is 10.0 Å². The zero-order chi connectivity index (χ0) is 13.7. The maximum atomic E-state index is 11.6. The number of piperazine rings is 1. The predicted octanol–water partition coefficient (Wildman–Crippen LogP) is 0.756. The molecule has 1 N–H and O–H groups in total. The second-order valence-corrected chi connectivity index (χ2v) is 5.74. The molecule has 0 aromatic carbocycles. The number of hydrogen-bond donors (Lipinski definition) is 1. The molecular formula is C14H18N2O2S. The normalized spacial score (nSPS) is 16.3. The first-order valence-electron chi connectivity index (χ1n) is 6.34. The van der Waals surface area contributed by atoms with E-state index in [1.54, 1.807) is 16.2 Å². The molecule has 0 unspecified atom stereocenters. The van der Waals surface area contributed by atoms with Gasteiger partial charge in [-0.25, -0.2) is 0 Å². The molecule has 1 aromatic heterocycles. The first-order valence-corrected chi connectivity index (χ1v) is 7.15. The number of hydrogen-bond acceptors (Lipinski definition) is 4. The van der Waals surface area contributed by atoms with Gasteiger partial charge in [0.05, 0.1) is 18.0 Å². The van der Waals surface area contributed by atoms with Gasteiger partial charge in [-0.1, -0.05) is 11.8 Å². The van der Waals surface area contributed by atoms with Gasteiger partial charge in [0.25, 0.3) is 0 Å². The van der Waals surface area contributed by atoms with Crippen molar-refractivity contribution >= 4 is 17.2 Å². The number of carbonyl (C=O) groups excluding carboxylic acids is 1. The van der Waals surface area contributed by atoms with E-state index in [2.05, 4.69) is 22.8 Å². The summed E-state index contributed by atoms with van der Waals surface area (Å²) in [7, 11) is 1.85. The zero-order valence-corrected chi connectivity index (χ0v) is 11.9. The summed E-state index contributed by atoms with van der Waals surface area (Å²) in [4.78, 5) is 17.8. The van der Waals surface area contributed by atoms with Crippen LogP contribution in [0.5, 0.6) is 0 Å². The Morgan fingerprint density at radius 3 is 3.00 bits per heavy atom. The third kappa shape index (κ3) is 4.06. The minimum Gasteiger partial charge on any atom is -0.395 e. The summed E-state index contributed by atoms with van der Waals surface area (Å²) in [6, 6.07) is 4.07. The number of likely N-dealkylation sites (N-methyl/N-ethyl adjacent to an activating group) is 1. The van der Waals surface area contributed by atoms with Crippen LogP contribution in [0.2, 0.25) is 0 Å². The summed E-state index contributed by atoms with van der Waals surface area (Å²) < 4.78 is 0. The van der Waals surface area contributed by atoms with E-state index in [1.807, 2.05) is 13.1 Å². The van der Waals surface area contributed by atoms with Crippen LogP contribution in [0.15, 0.2) is 12.1 Å². The Hall–Kier alpha value is -1.35. The van der Waals surface area contributed by atoms with Gasteiger partial charge in [0, 0.05) is 38.0 Å². The van der Waals surface area contributed by atoms with Gasteiger partial charge in [-0.2, -0.15) is 0 Å². The van der Waals surface area contributed by atoms with Gasteiger partial charge in [0.2, 0.25) is 5.91 Å². The van der Waals surface area contributed by atoms with E-state index in [-0.39, 0.29) is 12.5 Å². The Labute approximate surface area is 117 Å². The van der Waals surface area contributed by atoms with Crippen LogP contribution >= 0.6 is 11.3 Å². The zero-order valence-electron chi connectivity index (χ0n) is 11.1. The number of carbonyl (C=O) groups is 1. The van der Waals surface area contributed by atoms with Crippen molar-refractivity contribution < 1.29 is 9.90 Å². The monoisotopic (exact) mass is 278 g/mol. The largest absolute Gasteiger partial charge is 0.395 e. The first-order chi connectivity index (χ1) is 9.19. The third-order valence-corrected chi connectivity index (χ3v) is 4.01. The number of thiophene rings is 1. The fourth-order valence-corrected chi connectivity index (χ4v) is 2.82. The minimum absolute atomic E-state index is 0.106. The maximum absolute atomic E-state index is 11.6. The summed E-state index contributed by atoms with van der Waals surface area (Å²) >= 11 is 1.66. The molecule has 1 aromatic rings. The van der Waals surface area contributed by atoms with Gasteiger partial charge in [0.15, 0.2) is 0 Å². The molecule has 0 saturated carbocycles. The Balaban J connectivity index is 1.90. The van der Waals surface area contributed by atoms with Crippen LogP contribution in [-0.4, -0.2) is 54.1 Å². The second kappa shape index (κ2) is 6.71. The fraction of sp³-hybridized carbons (Fsp3) is 0.500. The molecule has 0 atom stereocenters. The van der Waals surface area contributed by atoms with E-state index >= 15 is 0 Å². The molecule has 5 heteroatoms. The number of rotatable bonds is 3. The highest BCUT2D eigenvalue weighted by atomic mass is 32.1. The van der Waals surface area contributed by atoms with Crippen molar-refractivity contribution in [2.45, 2.75) is 13.0 Å². The second-order valence-electron chi connectivity index (χ2n) is 4.57. The van der Waals surface area contributed by atoms with Gasteiger partial charge in [-0.05, 0) is 12.1 Å². The van der Waals surface area contributed by atoms with E-state index in [1.165, 1.54) is 4.88 Å². The van der Waals surface area contributed by atoms with Crippen LogP contribution in [0, 0.1) is 11.8 Å². The highest BCUT2D eigenvalue weighted by molar-refractivity contribution is 7.12. The van der Waals surface area contributed by atoms with Gasteiger partial charge >= 0.3 is 0 Å². The average Bonchev–Trinajstić information content (AvgIpc) is 2.82. The van der Waals surface area contributed by atoms with Gasteiger partial charge in [0.1, 0.15) is 0 Å². The topological polar surface area (TPSA) is 43.8 Å². The molecule has 19 heavy (non-hydrogen) atoms. The molecule has 2 heterocycles. The first kappa shape index (κ1) is 14.1. The van der Waals surface area contributed by atoms with Crippen molar-refractivity contribution in [2.24, 2.45) is 0 Å². The number of aliphatic hydroxyl groups is 1. The van der Waals surface area contributed by atoms with Crippen molar-refractivity contribution in [3.63, 3.8) is 0 Å². The standard InChI is InChI=1S/C14H18N2O2S/c1-15-7-8-16(11-14(15)18)10-13-6-5-12(19-13)4-2-3-9-17/h5-6,17H,3,7-11H2,1H3. The minimum atomic E-state index is 0.106. The van der Waals surface area contributed by atoms with E-state index in [9.17, 15) is 4.79 Å². The highest BCUT2D eigenvalue weighted by Gasteiger charge is 2.21. The molecule has 0 spiro atoms. The molecule has 0 aliphatic carbocycles. The highest BCUT2D eigenvalue weighted by Crippen LogP contribution is 2.18. The van der Waals surface area contributed by atoms with Crippen LogP contribution in [0.3, 0.4) is 0 Å². The third-order valence-electron chi connectivity index (χ3n) is 3.03. The lowest BCUT2D eigenvalue weighted by Crippen LogP contribution is -2.47. The van der Waals surface area contributed by atoms with Gasteiger partial charge in [-0.15, -0.1) is 11.3 Å². The lowest BCUT2D eigenvalue weighted by molar-refractivity contribution is -0.134. The Morgan fingerprint density at radius 2 is 2.26 bits per heavy atom. The van der Waals surface area contributed by atoms with Crippen molar-refractivity contribution in [1.29, 1.82) is 0 Å². The summed E-state index contributed by atoms with van der Waals surface area (Å²) in [6.07, 6.45) is 0.514. The molecule has 1 amide bonds. The molecule has 0 bridgehead atoms. The Morgan fingerprint density at radius 1 is 1.42 bits per heavy atom. The van der Waals surface area contributed by atoms with Crippen LogP contribution in [0.25, 0.3) is 0 Å². The lowest BCUT2D eigenvalue weighted by Gasteiger charge is -2.31. The van der Waals surface area contributed by atoms with E-state index in [0.717, 1.165) is 24.5 Å². The van der Waals surface area contributed by atoms with Gasteiger partial charge in [-0.3, -0.25) is 9.69 Å². The quantitative estimate of drug-likeness (QED) is 0.830. The van der Waals surface area contributed by atoms with Crippen molar-refractivity contribution in [3.8, 4) is 11.8 Å². The molecule has 0 radical (unpaired) electrons. The predicted molar refractivity (Wildman–Crippen MR) is 75.8 cm³/mol. The van der Waals surface area contributed by atoms with E-state index in [0.29, 0.717) is 13.0 Å². The van der Waals surface area contributed by atoms with E-state index in [4.69, 9.17) is 5.11 Å². The smallest absolute Gasteiger partial charge is 0.236 e. The molecule has 1 fully saturated rings. The van der Waals surface area contributed by atoms with Crippen LogP contribution in [0.4, 0.5) is 0 Å². The SMILES string of the molecule is CN1CCN(Cc2ccc(C#CCCO)s2)CC1=O. The van der Waals surface area contributed by atoms with Crippen molar-refractivity contribution in [1.82, 2.24) is 9.80 Å². The Bertz CT molecular complexity index is 501. The summed E-state index contributed by atoms with van der Waals surface area (Å²) in [5.74, 6) is 6.14. The molecule has 4 nitrogen and oxygen atoms in total. The van der Waals surface area contributed by atoms with E-state index < -0.39 is 0 Å². The summed E-state index contributed by atoms with van der Waals surface area (Å²) in [5.41, 5.74) is 0. The van der Waals surface area contributed by atoms with Crippen LogP contribution in [0.1, 0.15) is 16.2 Å². The number of nitrogens with zero attached hydrogens (tertiary/aromatic N) is 2. The fourth-order valence-electron chi connectivity index (χ4n) is 1.90. The number of amides is 1. The molecule has 1 saturated heterocycles. The molecule has 2 rings (SSSR count). The summed E-state index contributed by atoms with van der Waals surface area (Å²) in [6.45, 7) is 3.14.